The number of hydrogen-bond acceptors (Lipinski definition) is 2. The normalized spacial score (nSPS) is 11.7. The first-order valence-corrected chi connectivity index (χ1v) is 6.76. The molecule has 0 aliphatic rings. The molecule has 0 saturated carbocycles. The Balaban J connectivity index is 2.97. The van der Waals surface area contributed by atoms with Crippen LogP contribution in [0.25, 0.3) is 0 Å². The van der Waals surface area contributed by atoms with Crippen LogP contribution >= 0.6 is 0 Å². The molecule has 2 nitrogen and oxygen atoms in total. The molecule has 0 unspecified atom stereocenters. The first-order chi connectivity index (χ1) is 8.78. The molecule has 19 heavy (non-hydrogen) atoms. The van der Waals surface area contributed by atoms with Gasteiger partial charge in [0.1, 0.15) is 17.3 Å². The van der Waals surface area contributed by atoms with E-state index in [4.69, 9.17) is 0 Å². The molecule has 0 bridgehead atoms. The second-order valence-corrected chi connectivity index (χ2v) is 5.68. The average molecular weight is 270 g/mol. The lowest BCUT2D eigenvalue weighted by Crippen LogP contribution is -2.35. The lowest BCUT2D eigenvalue weighted by atomic mass is 10.1. The summed E-state index contributed by atoms with van der Waals surface area (Å²) in [6.07, 6.45) is 0. The van der Waals surface area contributed by atoms with Crippen molar-refractivity contribution in [3.8, 4) is 0 Å². The van der Waals surface area contributed by atoms with Gasteiger partial charge in [-0.15, -0.1) is 0 Å². The SMILES string of the molecule is CCN(CC)c1c(F)cc(CNC(C)(C)C)cc1F. The standard InChI is InChI=1S/C15H24F2N2/c1-6-19(7-2)14-12(16)8-11(9-13(14)17)10-18-15(3,4)5/h8-9,18H,6-7,10H2,1-5H3. The van der Waals surface area contributed by atoms with E-state index >= 15 is 0 Å². The molecule has 0 saturated heterocycles. The van der Waals surface area contributed by atoms with Gasteiger partial charge in [0, 0.05) is 25.2 Å². The summed E-state index contributed by atoms with van der Waals surface area (Å²) in [7, 11) is 0. The van der Waals surface area contributed by atoms with Crippen molar-refractivity contribution in [1.82, 2.24) is 5.32 Å². The van der Waals surface area contributed by atoms with Crippen LogP contribution in [0.3, 0.4) is 0 Å². The van der Waals surface area contributed by atoms with Gasteiger partial charge >= 0.3 is 0 Å². The highest BCUT2D eigenvalue weighted by Crippen LogP contribution is 2.25. The van der Waals surface area contributed by atoms with E-state index in [-0.39, 0.29) is 11.2 Å². The van der Waals surface area contributed by atoms with Gasteiger partial charge < -0.3 is 10.2 Å². The minimum atomic E-state index is -0.491. The van der Waals surface area contributed by atoms with Crippen molar-refractivity contribution in [3.05, 3.63) is 29.3 Å². The Kier molecular flexibility index (Phi) is 5.29. The molecule has 0 amide bonds. The molecule has 0 aromatic heterocycles. The van der Waals surface area contributed by atoms with Crippen molar-refractivity contribution < 1.29 is 8.78 Å². The molecule has 1 aromatic carbocycles. The van der Waals surface area contributed by atoms with Gasteiger partial charge in [-0.25, -0.2) is 8.78 Å². The van der Waals surface area contributed by atoms with Crippen LogP contribution in [0.2, 0.25) is 0 Å². The summed E-state index contributed by atoms with van der Waals surface area (Å²) >= 11 is 0. The predicted molar refractivity (Wildman–Crippen MR) is 76.5 cm³/mol. The zero-order valence-corrected chi connectivity index (χ0v) is 12.5. The number of halogens is 2. The number of anilines is 1. The van der Waals surface area contributed by atoms with Gasteiger partial charge in [-0.3, -0.25) is 0 Å². The molecule has 0 aliphatic carbocycles. The number of nitrogens with zero attached hydrogens (tertiary/aromatic N) is 1. The molecule has 0 radical (unpaired) electrons. The van der Waals surface area contributed by atoms with Crippen LogP contribution in [0, 0.1) is 11.6 Å². The summed E-state index contributed by atoms with van der Waals surface area (Å²) in [5.41, 5.74) is 0.621. The highest BCUT2D eigenvalue weighted by Gasteiger charge is 2.16. The fourth-order valence-electron chi connectivity index (χ4n) is 1.93. The fraction of sp³-hybridized carbons (Fsp3) is 0.600. The largest absolute Gasteiger partial charge is 0.367 e. The van der Waals surface area contributed by atoms with Crippen LogP contribution in [-0.2, 0) is 6.54 Å². The third-order valence-electron chi connectivity index (χ3n) is 2.98. The summed E-state index contributed by atoms with van der Waals surface area (Å²) < 4.78 is 28.1. The molecule has 1 aromatic rings. The topological polar surface area (TPSA) is 15.3 Å². The first-order valence-electron chi connectivity index (χ1n) is 6.76. The Bertz CT molecular complexity index is 398. The second kappa shape index (κ2) is 6.33. The summed E-state index contributed by atoms with van der Waals surface area (Å²) in [5.74, 6) is -0.983. The van der Waals surface area contributed by atoms with Crippen LogP contribution < -0.4 is 10.2 Å². The van der Waals surface area contributed by atoms with Gasteiger partial charge in [-0.05, 0) is 52.3 Å². The van der Waals surface area contributed by atoms with E-state index in [0.717, 1.165) is 0 Å². The molecule has 0 atom stereocenters. The Morgan fingerprint density at radius 3 is 1.89 bits per heavy atom. The van der Waals surface area contributed by atoms with Gasteiger partial charge in [0.15, 0.2) is 0 Å². The monoisotopic (exact) mass is 270 g/mol. The van der Waals surface area contributed by atoms with E-state index < -0.39 is 11.6 Å². The van der Waals surface area contributed by atoms with Gasteiger partial charge in [0.05, 0.1) is 0 Å². The maximum atomic E-state index is 14.0. The Hall–Kier alpha value is -1.16. The zero-order chi connectivity index (χ0) is 14.6. The van der Waals surface area contributed by atoms with Crippen molar-refractivity contribution in [2.24, 2.45) is 0 Å². The van der Waals surface area contributed by atoms with Crippen LogP contribution in [0.4, 0.5) is 14.5 Å². The molecule has 108 valence electrons. The molecule has 1 rings (SSSR count). The lowest BCUT2D eigenvalue weighted by molar-refractivity contribution is 0.422. The molecule has 1 N–H and O–H groups in total. The lowest BCUT2D eigenvalue weighted by Gasteiger charge is -2.24. The number of rotatable bonds is 5. The minimum absolute atomic E-state index is 0.0736. The van der Waals surface area contributed by atoms with E-state index in [9.17, 15) is 8.78 Å². The highest BCUT2D eigenvalue weighted by atomic mass is 19.1. The van der Waals surface area contributed by atoms with Crippen molar-refractivity contribution in [1.29, 1.82) is 0 Å². The van der Waals surface area contributed by atoms with Crippen molar-refractivity contribution in [3.63, 3.8) is 0 Å². The van der Waals surface area contributed by atoms with Gasteiger partial charge in [-0.1, -0.05) is 0 Å². The van der Waals surface area contributed by atoms with Crippen molar-refractivity contribution >= 4 is 5.69 Å². The molecule has 0 fully saturated rings. The Morgan fingerprint density at radius 2 is 1.53 bits per heavy atom. The van der Waals surface area contributed by atoms with Crippen molar-refractivity contribution in [2.45, 2.75) is 46.7 Å². The fourth-order valence-corrected chi connectivity index (χ4v) is 1.93. The van der Waals surface area contributed by atoms with Crippen LogP contribution in [0.15, 0.2) is 12.1 Å². The summed E-state index contributed by atoms with van der Waals surface area (Å²) in [6, 6.07) is 2.82. The predicted octanol–water partition coefficient (Wildman–Crippen LogP) is 3.70. The zero-order valence-electron chi connectivity index (χ0n) is 12.5. The van der Waals surface area contributed by atoms with Crippen LogP contribution in [-0.4, -0.2) is 18.6 Å². The molecule has 0 aliphatic heterocycles. The summed E-state index contributed by atoms with van der Waals surface area (Å²) in [5, 5.41) is 3.22. The number of benzene rings is 1. The third-order valence-corrected chi connectivity index (χ3v) is 2.98. The van der Waals surface area contributed by atoms with Crippen LogP contribution in [0.1, 0.15) is 40.2 Å². The maximum absolute atomic E-state index is 14.0. The van der Waals surface area contributed by atoms with E-state index in [2.05, 4.69) is 5.32 Å². The van der Waals surface area contributed by atoms with E-state index in [1.165, 1.54) is 12.1 Å². The summed E-state index contributed by atoms with van der Waals surface area (Å²) in [6.45, 7) is 11.5. The van der Waals surface area contributed by atoms with E-state index in [1.54, 1.807) is 4.90 Å². The number of nitrogens with one attached hydrogen (secondary N) is 1. The second-order valence-electron chi connectivity index (χ2n) is 5.68. The molecule has 4 heteroatoms. The Morgan fingerprint density at radius 1 is 1.05 bits per heavy atom. The quantitative estimate of drug-likeness (QED) is 0.877. The van der Waals surface area contributed by atoms with E-state index in [0.29, 0.717) is 25.2 Å². The van der Waals surface area contributed by atoms with Gasteiger partial charge in [-0.2, -0.15) is 0 Å². The highest BCUT2D eigenvalue weighted by molar-refractivity contribution is 5.50. The maximum Gasteiger partial charge on any atom is 0.149 e. The van der Waals surface area contributed by atoms with Crippen LogP contribution in [0.5, 0.6) is 0 Å². The van der Waals surface area contributed by atoms with Gasteiger partial charge in [0.2, 0.25) is 0 Å². The third kappa shape index (κ3) is 4.46. The Labute approximate surface area is 114 Å². The minimum Gasteiger partial charge on any atom is -0.367 e. The number of hydrogen-bond donors (Lipinski definition) is 1. The molecule has 0 heterocycles. The molecular weight excluding hydrogens is 246 g/mol. The summed E-state index contributed by atoms with van der Waals surface area (Å²) in [4.78, 5) is 1.69. The van der Waals surface area contributed by atoms with Crippen molar-refractivity contribution in [2.75, 3.05) is 18.0 Å². The average Bonchev–Trinajstić information content (AvgIpc) is 2.30. The first kappa shape index (κ1) is 15.9. The molecular formula is C15H24F2N2. The van der Waals surface area contributed by atoms with Gasteiger partial charge in [0.25, 0.3) is 0 Å². The van der Waals surface area contributed by atoms with E-state index in [1.807, 2.05) is 34.6 Å². The smallest absolute Gasteiger partial charge is 0.149 e. The molecule has 0 spiro atoms.